The van der Waals surface area contributed by atoms with Crippen molar-refractivity contribution in [2.45, 2.75) is 20.3 Å². The minimum absolute atomic E-state index is 0.0571. The molecular formula is C16H20N4O3. The molecule has 3 amide bonds. The van der Waals surface area contributed by atoms with Gasteiger partial charge in [-0.25, -0.2) is 4.79 Å². The Bertz CT molecular complexity index is 638. The lowest BCUT2D eigenvalue weighted by Gasteiger charge is -2.21. The Labute approximate surface area is 134 Å². The molecule has 1 aromatic carbocycles. The van der Waals surface area contributed by atoms with E-state index >= 15 is 0 Å². The van der Waals surface area contributed by atoms with Gasteiger partial charge in [0.05, 0.1) is 0 Å². The molecule has 1 heterocycles. The first kappa shape index (κ1) is 16.5. The monoisotopic (exact) mass is 316 g/mol. The number of benzene rings is 1. The molecule has 0 saturated heterocycles. The molecule has 0 atom stereocenters. The van der Waals surface area contributed by atoms with Gasteiger partial charge in [0.2, 0.25) is 5.91 Å². The van der Waals surface area contributed by atoms with Crippen LogP contribution < -0.4 is 10.6 Å². The minimum Gasteiger partial charge on any atom is -0.363 e. The normalized spacial score (nSPS) is 10.2. The van der Waals surface area contributed by atoms with Gasteiger partial charge in [0.1, 0.15) is 12.8 Å². The number of aromatic nitrogens is 1. The summed E-state index contributed by atoms with van der Waals surface area (Å²) in [7, 11) is 0. The van der Waals surface area contributed by atoms with E-state index in [1.807, 2.05) is 38.1 Å². The second kappa shape index (κ2) is 7.98. The maximum atomic E-state index is 12.3. The van der Waals surface area contributed by atoms with Crippen molar-refractivity contribution in [3.8, 4) is 0 Å². The van der Waals surface area contributed by atoms with Crippen molar-refractivity contribution in [2.75, 3.05) is 23.7 Å². The topological polar surface area (TPSA) is 87.5 Å². The molecule has 122 valence electrons. The van der Waals surface area contributed by atoms with Gasteiger partial charge in [-0.3, -0.25) is 4.79 Å². The molecule has 2 N–H and O–H groups in total. The molecule has 7 nitrogen and oxygen atoms in total. The number of carbonyl (C=O) groups excluding carboxylic acids is 2. The fourth-order valence-electron chi connectivity index (χ4n) is 1.99. The molecule has 0 aliphatic heterocycles. The van der Waals surface area contributed by atoms with Crippen LogP contribution in [0.4, 0.5) is 16.3 Å². The van der Waals surface area contributed by atoms with Gasteiger partial charge >= 0.3 is 6.03 Å². The molecule has 0 fully saturated rings. The molecule has 7 heteroatoms. The Morgan fingerprint density at radius 1 is 1.17 bits per heavy atom. The van der Waals surface area contributed by atoms with Crippen LogP contribution in [0.15, 0.2) is 41.1 Å². The maximum absolute atomic E-state index is 12.3. The third kappa shape index (κ3) is 5.14. The summed E-state index contributed by atoms with van der Waals surface area (Å²) in [5, 5.41) is 8.97. The first-order valence-corrected chi connectivity index (χ1v) is 7.41. The van der Waals surface area contributed by atoms with Crippen molar-refractivity contribution in [2.24, 2.45) is 0 Å². The van der Waals surface area contributed by atoms with Gasteiger partial charge in [0, 0.05) is 18.3 Å². The molecule has 0 unspecified atom stereocenters. The number of amides is 3. The predicted octanol–water partition coefficient (Wildman–Crippen LogP) is 2.87. The molecule has 0 radical (unpaired) electrons. The Hall–Kier alpha value is -2.83. The van der Waals surface area contributed by atoms with Crippen LogP contribution in [-0.2, 0) is 4.79 Å². The highest BCUT2D eigenvalue weighted by molar-refractivity contribution is 5.96. The summed E-state index contributed by atoms with van der Waals surface area (Å²) in [6, 6.07) is 8.70. The molecular weight excluding hydrogens is 296 g/mol. The zero-order valence-corrected chi connectivity index (χ0v) is 13.2. The van der Waals surface area contributed by atoms with Crippen molar-refractivity contribution in [3.05, 3.63) is 42.2 Å². The molecule has 0 aliphatic rings. The summed E-state index contributed by atoms with van der Waals surface area (Å²) in [4.78, 5) is 25.8. The summed E-state index contributed by atoms with van der Waals surface area (Å²) in [6.45, 7) is 4.34. The standard InChI is InChI=1S/C16H20N4O3/c1-3-9-20(11-15(21)18-14-8-10-23-19-14)16(22)17-13-6-4-12(2)5-7-13/h4-8,10H,3,9,11H2,1-2H3,(H,17,22)(H,18,19,21). The summed E-state index contributed by atoms with van der Waals surface area (Å²) in [5.74, 6) is -0.00297. The van der Waals surface area contributed by atoms with Crippen LogP contribution in [0.3, 0.4) is 0 Å². The molecule has 0 bridgehead atoms. The number of hydrogen-bond donors (Lipinski definition) is 2. The van der Waals surface area contributed by atoms with E-state index in [-0.39, 0.29) is 18.5 Å². The van der Waals surface area contributed by atoms with E-state index in [0.29, 0.717) is 18.1 Å². The van der Waals surface area contributed by atoms with Crippen LogP contribution in [0.2, 0.25) is 0 Å². The number of nitrogens with one attached hydrogen (secondary N) is 2. The fourth-order valence-corrected chi connectivity index (χ4v) is 1.99. The highest BCUT2D eigenvalue weighted by Crippen LogP contribution is 2.10. The van der Waals surface area contributed by atoms with Gasteiger partial charge in [-0.1, -0.05) is 29.8 Å². The predicted molar refractivity (Wildman–Crippen MR) is 87.2 cm³/mol. The van der Waals surface area contributed by atoms with Crippen LogP contribution >= 0.6 is 0 Å². The van der Waals surface area contributed by atoms with Crippen LogP contribution in [0.5, 0.6) is 0 Å². The van der Waals surface area contributed by atoms with Crippen molar-refractivity contribution in [3.63, 3.8) is 0 Å². The lowest BCUT2D eigenvalue weighted by atomic mass is 10.2. The van der Waals surface area contributed by atoms with Gasteiger partial charge in [-0.15, -0.1) is 0 Å². The van der Waals surface area contributed by atoms with Gasteiger partial charge < -0.3 is 20.1 Å². The van der Waals surface area contributed by atoms with Crippen LogP contribution in [0.1, 0.15) is 18.9 Å². The number of carbonyl (C=O) groups is 2. The third-order valence-corrected chi connectivity index (χ3v) is 3.12. The summed E-state index contributed by atoms with van der Waals surface area (Å²) < 4.78 is 4.65. The lowest BCUT2D eigenvalue weighted by molar-refractivity contribution is -0.116. The van der Waals surface area contributed by atoms with E-state index in [2.05, 4.69) is 20.3 Å². The largest absolute Gasteiger partial charge is 0.363 e. The zero-order valence-electron chi connectivity index (χ0n) is 13.2. The number of nitrogens with zero attached hydrogens (tertiary/aromatic N) is 2. The highest BCUT2D eigenvalue weighted by Gasteiger charge is 2.17. The number of hydrogen-bond acceptors (Lipinski definition) is 4. The van der Waals surface area contributed by atoms with E-state index in [9.17, 15) is 9.59 Å². The number of aryl methyl sites for hydroxylation is 1. The van der Waals surface area contributed by atoms with Crippen molar-refractivity contribution in [1.29, 1.82) is 0 Å². The van der Waals surface area contributed by atoms with Gasteiger partial charge in [-0.05, 0) is 25.5 Å². The summed E-state index contributed by atoms with van der Waals surface area (Å²) in [6.07, 6.45) is 2.11. The average molecular weight is 316 g/mol. The van der Waals surface area contributed by atoms with Crippen LogP contribution in [0, 0.1) is 6.92 Å². The van der Waals surface area contributed by atoms with E-state index in [0.717, 1.165) is 12.0 Å². The Kier molecular flexibility index (Phi) is 5.74. The Morgan fingerprint density at radius 3 is 2.52 bits per heavy atom. The molecule has 0 saturated carbocycles. The van der Waals surface area contributed by atoms with E-state index in [1.54, 1.807) is 0 Å². The number of urea groups is 1. The zero-order chi connectivity index (χ0) is 16.7. The quantitative estimate of drug-likeness (QED) is 0.858. The van der Waals surface area contributed by atoms with Crippen molar-refractivity contribution in [1.82, 2.24) is 10.1 Å². The summed E-state index contributed by atoms with van der Waals surface area (Å²) in [5.41, 5.74) is 1.80. The Morgan fingerprint density at radius 2 is 1.91 bits per heavy atom. The Balaban J connectivity index is 1.94. The highest BCUT2D eigenvalue weighted by atomic mass is 16.5. The molecule has 23 heavy (non-hydrogen) atoms. The number of rotatable bonds is 6. The van der Waals surface area contributed by atoms with Crippen molar-refractivity contribution >= 4 is 23.4 Å². The molecule has 0 spiro atoms. The van der Waals surface area contributed by atoms with E-state index < -0.39 is 0 Å². The van der Waals surface area contributed by atoms with E-state index in [4.69, 9.17) is 0 Å². The first-order chi connectivity index (χ1) is 11.1. The number of anilines is 2. The third-order valence-electron chi connectivity index (χ3n) is 3.12. The molecule has 1 aromatic heterocycles. The second-order valence-electron chi connectivity index (χ2n) is 5.15. The average Bonchev–Trinajstić information content (AvgIpc) is 3.02. The SMILES string of the molecule is CCCN(CC(=O)Nc1ccon1)C(=O)Nc1ccc(C)cc1. The maximum Gasteiger partial charge on any atom is 0.322 e. The van der Waals surface area contributed by atoms with Gasteiger partial charge in [0.15, 0.2) is 5.82 Å². The van der Waals surface area contributed by atoms with Crippen LogP contribution in [0.25, 0.3) is 0 Å². The molecule has 2 aromatic rings. The summed E-state index contributed by atoms with van der Waals surface area (Å²) >= 11 is 0. The molecule has 0 aliphatic carbocycles. The smallest absolute Gasteiger partial charge is 0.322 e. The molecule has 2 rings (SSSR count). The minimum atomic E-state index is -0.327. The first-order valence-electron chi connectivity index (χ1n) is 7.41. The second-order valence-corrected chi connectivity index (χ2v) is 5.15. The van der Waals surface area contributed by atoms with Gasteiger partial charge in [0.25, 0.3) is 0 Å². The van der Waals surface area contributed by atoms with Gasteiger partial charge in [-0.2, -0.15) is 0 Å². The fraction of sp³-hybridized carbons (Fsp3) is 0.312. The van der Waals surface area contributed by atoms with Crippen molar-refractivity contribution < 1.29 is 14.1 Å². The lowest BCUT2D eigenvalue weighted by Crippen LogP contribution is -2.41. The van der Waals surface area contributed by atoms with Crippen LogP contribution in [-0.4, -0.2) is 35.1 Å². The van der Waals surface area contributed by atoms with E-state index in [1.165, 1.54) is 17.2 Å².